The number of aromatic carboxylic acids is 1. The van der Waals surface area contributed by atoms with Gasteiger partial charge in [0.15, 0.2) is 0 Å². The molecule has 0 atom stereocenters. The number of amides is 2. The van der Waals surface area contributed by atoms with Crippen LogP contribution in [-0.4, -0.2) is 28.6 Å². The Morgan fingerprint density at radius 3 is 2.57 bits per heavy atom. The van der Waals surface area contributed by atoms with E-state index in [1.54, 1.807) is 36.0 Å². The molecular weight excluding hydrogens is 290 g/mol. The molecule has 0 bridgehead atoms. The summed E-state index contributed by atoms with van der Waals surface area (Å²) in [6, 6.07) is 6.38. The predicted octanol–water partition coefficient (Wildman–Crippen LogP) is 1.88. The van der Waals surface area contributed by atoms with Crippen LogP contribution < -0.4 is 10.6 Å². The Labute approximate surface area is 125 Å². The summed E-state index contributed by atoms with van der Waals surface area (Å²) < 4.78 is 0. The Kier molecular flexibility index (Phi) is 5.28. The van der Waals surface area contributed by atoms with Gasteiger partial charge in [0.1, 0.15) is 0 Å². The summed E-state index contributed by atoms with van der Waals surface area (Å²) in [6.45, 7) is 0.949. The third-order valence-corrected chi connectivity index (χ3v) is 3.59. The van der Waals surface area contributed by atoms with Gasteiger partial charge in [-0.2, -0.15) is 0 Å². The molecule has 1 heterocycles. The third-order valence-electron chi connectivity index (χ3n) is 2.81. The molecule has 0 saturated heterocycles. The first-order valence-electron chi connectivity index (χ1n) is 6.36. The zero-order valence-electron chi connectivity index (χ0n) is 11.2. The second-order valence-electron chi connectivity index (χ2n) is 4.33. The maximum atomic E-state index is 11.6. The Morgan fingerprint density at radius 1 is 1.19 bits per heavy atom. The highest BCUT2D eigenvalue weighted by atomic mass is 32.1. The summed E-state index contributed by atoms with van der Waals surface area (Å²) in [4.78, 5) is 27.2. The molecule has 0 aliphatic rings. The first-order valence-corrected chi connectivity index (χ1v) is 7.24. The van der Waals surface area contributed by atoms with Crippen LogP contribution in [0.15, 0.2) is 36.0 Å². The molecule has 6 nitrogen and oxygen atoms in total. The van der Waals surface area contributed by atoms with Gasteiger partial charge in [-0.1, -0.05) is 12.1 Å². The molecule has 0 radical (unpaired) electrons. The highest BCUT2D eigenvalue weighted by Crippen LogP contribution is 2.05. The van der Waals surface area contributed by atoms with Crippen molar-refractivity contribution in [3.63, 3.8) is 0 Å². The normalized spacial score (nSPS) is 10.1. The van der Waals surface area contributed by atoms with E-state index in [0.717, 1.165) is 10.4 Å². The Hall–Kier alpha value is -2.41. The largest absolute Gasteiger partial charge is 0.478 e. The van der Waals surface area contributed by atoms with Gasteiger partial charge in [0, 0.05) is 17.6 Å². The summed E-state index contributed by atoms with van der Waals surface area (Å²) in [7, 11) is 0. The van der Waals surface area contributed by atoms with Crippen molar-refractivity contribution < 1.29 is 14.7 Å². The van der Waals surface area contributed by atoms with Crippen LogP contribution in [0.25, 0.3) is 0 Å². The van der Waals surface area contributed by atoms with Crippen LogP contribution in [0.4, 0.5) is 4.79 Å². The van der Waals surface area contributed by atoms with E-state index in [-0.39, 0.29) is 11.6 Å². The summed E-state index contributed by atoms with van der Waals surface area (Å²) in [5.74, 6) is -0.942. The number of aromatic nitrogens is 1. The highest BCUT2D eigenvalue weighted by molar-refractivity contribution is 7.09. The standard InChI is InChI=1S/C14H15N3O3S/c18-13(19)11-3-1-10(2-4-11)5-6-16-14(20)17-8-12-7-15-9-21-12/h1-4,7,9H,5-6,8H2,(H,18,19)(H2,16,17,20). The van der Waals surface area contributed by atoms with E-state index in [2.05, 4.69) is 15.6 Å². The van der Waals surface area contributed by atoms with Gasteiger partial charge in [0.2, 0.25) is 0 Å². The van der Waals surface area contributed by atoms with E-state index in [1.807, 2.05) is 0 Å². The van der Waals surface area contributed by atoms with Crippen LogP contribution in [0.1, 0.15) is 20.8 Å². The van der Waals surface area contributed by atoms with Crippen molar-refractivity contribution in [3.05, 3.63) is 52.0 Å². The molecule has 0 spiro atoms. The number of carbonyl (C=O) groups excluding carboxylic acids is 1. The molecule has 1 aromatic carbocycles. The molecule has 2 amide bonds. The second kappa shape index (κ2) is 7.39. The fourth-order valence-corrected chi connectivity index (χ4v) is 2.23. The minimum absolute atomic E-state index is 0.231. The minimum Gasteiger partial charge on any atom is -0.478 e. The number of urea groups is 1. The predicted molar refractivity (Wildman–Crippen MR) is 79.5 cm³/mol. The van der Waals surface area contributed by atoms with Crippen molar-refractivity contribution >= 4 is 23.3 Å². The van der Waals surface area contributed by atoms with Crippen LogP contribution in [0, 0.1) is 0 Å². The molecular formula is C14H15N3O3S. The average Bonchev–Trinajstić information content (AvgIpc) is 2.99. The number of carboxylic acids is 1. The number of hydrogen-bond donors (Lipinski definition) is 3. The minimum atomic E-state index is -0.942. The zero-order chi connectivity index (χ0) is 15.1. The molecule has 0 unspecified atom stereocenters. The number of thiazole rings is 1. The van der Waals surface area contributed by atoms with E-state index < -0.39 is 5.97 Å². The lowest BCUT2D eigenvalue weighted by molar-refractivity contribution is 0.0697. The molecule has 1 aromatic heterocycles. The highest BCUT2D eigenvalue weighted by Gasteiger charge is 2.03. The number of rotatable bonds is 6. The number of carbonyl (C=O) groups is 2. The summed E-state index contributed by atoms with van der Waals surface area (Å²) in [5.41, 5.74) is 2.95. The van der Waals surface area contributed by atoms with Crippen molar-refractivity contribution in [1.29, 1.82) is 0 Å². The van der Waals surface area contributed by atoms with Crippen molar-refractivity contribution in [2.45, 2.75) is 13.0 Å². The SMILES string of the molecule is O=C(NCCc1ccc(C(=O)O)cc1)NCc1cncs1. The number of nitrogens with zero attached hydrogens (tertiary/aromatic N) is 1. The van der Waals surface area contributed by atoms with Gasteiger partial charge in [0.05, 0.1) is 17.6 Å². The van der Waals surface area contributed by atoms with E-state index >= 15 is 0 Å². The summed E-state index contributed by atoms with van der Waals surface area (Å²) in [6.07, 6.45) is 2.36. The molecule has 0 aliphatic carbocycles. The third kappa shape index (κ3) is 4.88. The maximum absolute atomic E-state index is 11.6. The quantitative estimate of drug-likeness (QED) is 0.760. The Bertz CT molecular complexity index is 596. The van der Waals surface area contributed by atoms with Crippen LogP contribution in [-0.2, 0) is 13.0 Å². The first-order chi connectivity index (χ1) is 10.1. The van der Waals surface area contributed by atoms with Crippen LogP contribution in [0.2, 0.25) is 0 Å². The van der Waals surface area contributed by atoms with Gasteiger partial charge >= 0.3 is 12.0 Å². The molecule has 0 aliphatic heterocycles. The lowest BCUT2D eigenvalue weighted by Crippen LogP contribution is -2.36. The van der Waals surface area contributed by atoms with E-state index in [9.17, 15) is 9.59 Å². The number of hydrogen-bond acceptors (Lipinski definition) is 4. The van der Waals surface area contributed by atoms with Gasteiger partial charge in [-0.25, -0.2) is 9.59 Å². The lowest BCUT2D eigenvalue weighted by atomic mass is 10.1. The van der Waals surface area contributed by atoms with Crippen molar-refractivity contribution in [1.82, 2.24) is 15.6 Å². The lowest BCUT2D eigenvalue weighted by Gasteiger charge is -2.07. The van der Waals surface area contributed by atoms with Crippen molar-refractivity contribution in [2.75, 3.05) is 6.54 Å². The van der Waals surface area contributed by atoms with Gasteiger partial charge in [-0.05, 0) is 24.1 Å². The monoisotopic (exact) mass is 305 g/mol. The molecule has 0 fully saturated rings. The van der Waals surface area contributed by atoms with Crippen LogP contribution in [0.3, 0.4) is 0 Å². The number of carboxylic acid groups (broad SMARTS) is 1. The number of nitrogens with one attached hydrogen (secondary N) is 2. The van der Waals surface area contributed by atoms with E-state index in [0.29, 0.717) is 19.5 Å². The van der Waals surface area contributed by atoms with Crippen LogP contribution in [0.5, 0.6) is 0 Å². The Morgan fingerprint density at radius 2 is 1.95 bits per heavy atom. The molecule has 0 saturated carbocycles. The second-order valence-corrected chi connectivity index (χ2v) is 5.30. The average molecular weight is 305 g/mol. The van der Waals surface area contributed by atoms with Crippen molar-refractivity contribution in [3.8, 4) is 0 Å². The van der Waals surface area contributed by atoms with Gasteiger partial charge in [-0.15, -0.1) is 11.3 Å². The fourth-order valence-electron chi connectivity index (χ4n) is 1.69. The molecule has 3 N–H and O–H groups in total. The fraction of sp³-hybridized carbons (Fsp3) is 0.214. The number of benzene rings is 1. The maximum Gasteiger partial charge on any atom is 0.335 e. The summed E-state index contributed by atoms with van der Waals surface area (Å²) in [5, 5.41) is 14.3. The molecule has 110 valence electrons. The Balaban J connectivity index is 1.68. The zero-order valence-corrected chi connectivity index (χ0v) is 12.0. The molecule has 2 aromatic rings. The van der Waals surface area contributed by atoms with E-state index in [1.165, 1.54) is 11.3 Å². The smallest absolute Gasteiger partial charge is 0.335 e. The summed E-state index contributed by atoms with van der Waals surface area (Å²) >= 11 is 1.49. The molecule has 2 rings (SSSR count). The van der Waals surface area contributed by atoms with Gasteiger partial charge in [0.25, 0.3) is 0 Å². The van der Waals surface area contributed by atoms with Crippen LogP contribution >= 0.6 is 11.3 Å². The first kappa shape index (κ1) is 15.0. The topological polar surface area (TPSA) is 91.3 Å². The van der Waals surface area contributed by atoms with Gasteiger partial charge in [-0.3, -0.25) is 4.98 Å². The molecule has 7 heteroatoms. The van der Waals surface area contributed by atoms with Gasteiger partial charge < -0.3 is 15.7 Å². The molecule has 21 heavy (non-hydrogen) atoms. The van der Waals surface area contributed by atoms with Crippen molar-refractivity contribution in [2.24, 2.45) is 0 Å². The van der Waals surface area contributed by atoms with E-state index in [4.69, 9.17) is 5.11 Å².